The minimum atomic E-state index is 0.509. The van der Waals surface area contributed by atoms with Gasteiger partial charge in [-0.1, -0.05) is 48.6 Å². The molecule has 0 spiro atoms. The quantitative estimate of drug-likeness (QED) is 0.646. The number of fused-ring (bicyclic) bond motifs is 5. The van der Waals surface area contributed by atoms with Gasteiger partial charge in [-0.25, -0.2) is 0 Å². The topological polar surface area (TPSA) is 3.24 Å². The fourth-order valence-corrected chi connectivity index (χ4v) is 2.98. The lowest BCUT2D eigenvalue weighted by Crippen LogP contribution is -2.23. The Labute approximate surface area is 101 Å². The summed E-state index contributed by atoms with van der Waals surface area (Å²) < 4.78 is 0. The van der Waals surface area contributed by atoms with E-state index in [4.69, 9.17) is 0 Å². The third kappa shape index (κ3) is 1.19. The van der Waals surface area contributed by atoms with Gasteiger partial charge in [0, 0.05) is 11.9 Å². The SMILES string of the molecule is C1=CC=C2C(=CN3c4ccccc4CC23)C=C1. The second-order valence-corrected chi connectivity index (χ2v) is 4.71. The molecule has 0 N–H and O–H groups in total. The number of nitrogens with zero attached hydrogens (tertiary/aromatic N) is 1. The predicted molar refractivity (Wildman–Crippen MR) is 70.9 cm³/mol. The van der Waals surface area contributed by atoms with Gasteiger partial charge in [0.15, 0.2) is 0 Å². The zero-order valence-electron chi connectivity index (χ0n) is 9.51. The number of anilines is 1. The highest BCUT2D eigenvalue weighted by Gasteiger charge is 2.35. The molecular weight excluding hydrogens is 206 g/mol. The molecule has 0 saturated carbocycles. The maximum absolute atomic E-state index is 2.42. The summed E-state index contributed by atoms with van der Waals surface area (Å²) in [6, 6.07) is 9.22. The van der Waals surface area contributed by atoms with E-state index >= 15 is 0 Å². The molecule has 2 aliphatic heterocycles. The van der Waals surface area contributed by atoms with Crippen LogP contribution in [0.2, 0.25) is 0 Å². The monoisotopic (exact) mass is 219 g/mol. The van der Waals surface area contributed by atoms with Crippen LogP contribution in [0, 0.1) is 0 Å². The highest BCUT2D eigenvalue weighted by molar-refractivity contribution is 5.71. The second-order valence-electron chi connectivity index (χ2n) is 4.71. The Kier molecular flexibility index (Phi) is 1.72. The van der Waals surface area contributed by atoms with Gasteiger partial charge in [-0.05, 0) is 29.2 Å². The highest BCUT2D eigenvalue weighted by atomic mass is 15.2. The molecule has 0 fully saturated rings. The first kappa shape index (κ1) is 9.06. The normalized spacial score (nSPS) is 23.8. The lowest BCUT2D eigenvalue weighted by atomic mass is 9.98. The first-order chi connectivity index (χ1) is 8.43. The van der Waals surface area contributed by atoms with Crippen LogP contribution in [0.15, 0.2) is 72.0 Å². The summed E-state index contributed by atoms with van der Waals surface area (Å²) in [5.41, 5.74) is 5.64. The molecule has 4 rings (SSSR count). The first-order valence-corrected chi connectivity index (χ1v) is 6.07. The standard InChI is InChI=1S/C16H13N/c1-2-7-13-11-17-15-9-5-4-6-12(15)10-16(17)14(13)8-3-1/h1-9,11,16H,10H2. The van der Waals surface area contributed by atoms with Crippen molar-refractivity contribution in [2.75, 3.05) is 4.90 Å². The smallest absolute Gasteiger partial charge is 0.0633 e. The summed E-state index contributed by atoms with van der Waals surface area (Å²) in [7, 11) is 0. The van der Waals surface area contributed by atoms with Gasteiger partial charge in [0.1, 0.15) is 0 Å². The molecule has 1 aromatic rings. The van der Waals surface area contributed by atoms with Gasteiger partial charge in [0.25, 0.3) is 0 Å². The van der Waals surface area contributed by atoms with Gasteiger partial charge in [-0.2, -0.15) is 0 Å². The van der Waals surface area contributed by atoms with Crippen LogP contribution in [-0.2, 0) is 6.42 Å². The number of benzene rings is 1. The van der Waals surface area contributed by atoms with Crippen molar-refractivity contribution in [3.8, 4) is 0 Å². The number of para-hydroxylation sites is 1. The molecule has 1 unspecified atom stereocenters. The lowest BCUT2D eigenvalue weighted by molar-refractivity contribution is 0.824. The van der Waals surface area contributed by atoms with E-state index in [1.54, 1.807) is 0 Å². The fraction of sp³-hybridized carbons (Fsp3) is 0.125. The largest absolute Gasteiger partial charge is 0.339 e. The van der Waals surface area contributed by atoms with Crippen LogP contribution in [0.3, 0.4) is 0 Å². The molecule has 1 atom stereocenters. The van der Waals surface area contributed by atoms with Crippen LogP contribution in [0.25, 0.3) is 0 Å². The number of hydrogen-bond acceptors (Lipinski definition) is 1. The first-order valence-electron chi connectivity index (χ1n) is 6.07. The van der Waals surface area contributed by atoms with Crippen LogP contribution in [-0.4, -0.2) is 6.04 Å². The molecular formula is C16H13N. The van der Waals surface area contributed by atoms with E-state index in [2.05, 4.69) is 65.7 Å². The second kappa shape index (κ2) is 3.24. The highest BCUT2D eigenvalue weighted by Crippen LogP contribution is 2.42. The Balaban J connectivity index is 1.87. The lowest BCUT2D eigenvalue weighted by Gasteiger charge is -2.17. The minimum Gasteiger partial charge on any atom is -0.339 e. The summed E-state index contributed by atoms with van der Waals surface area (Å²) in [6.45, 7) is 0. The van der Waals surface area contributed by atoms with Gasteiger partial charge >= 0.3 is 0 Å². The molecule has 0 bridgehead atoms. The molecule has 1 nitrogen and oxygen atoms in total. The van der Waals surface area contributed by atoms with E-state index in [-0.39, 0.29) is 0 Å². The molecule has 3 aliphatic rings. The predicted octanol–water partition coefficient (Wildman–Crippen LogP) is 3.37. The van der Waals surface area contributed by atoms with Crippen LogP contribution in [0.5, 0.6) is 0 Å². The van der Waals surface area contributed by atoms with E-state index < -0.39 is 0 Å². The van der Waals surface area contributed by atoms with Crippen LogP contribution in [0.4, 0.5) is 5.69 Å². The average molecular weight is 219 g/mol. The summed E-state index contributed by atoms with van der Waals surface area (Å²) in [6.07, 6.45) is 14.2. The van der Waals surface area contributed by atoms with Gasteiger partial charge in [0.2, 0.25) is 0 Å². The van der Waals surface area contributed by atoms with Crippen molar-refractivity contribution >= 4 is 5.69 Å². The van der Waals surface area contributed by atoms with Crippen molar-refractivity contribution in [1.29, 1.82) is 0 Å². The molecule has 0 radical (unpaired) electrons. The van der Waals surface area contributed by atoms with Crippen molar-refractivity contribution in [1.82, 2.24) is 0 Å². The average Bonchev–Trinajstić information content (AvgIpc) is 2.77. The molecule has 17 heavy (non-hydrogen) atoms. The van der Waals surface area contributed by atoms with Gasteiger partial charge < -0.3 is 4.90 Å². The Hall–Kier alpha value is -2.02. The number of hydrogen-bond donors (Lipinski definition) is 0. The van der Waals surface area contributed by atoms with Crippen molar-refractivity contribution < 1.29 is 0 Å². The van der Waals surface area contributed by atoms with Gasteiger partial charge in [0.05, 0.1) is 6.04 Å². The van der Waals surface area contributed by atoms with E-state index in [0.29, 0.717) is 6.04 Å². The summed E-state index contributed by atoms with van der Waals surface area (Å²) in [5.74, 6) is 0. The molecule has 0 amide bonds. The minimum absolute atomic E-state index is 0.509. The van der Waals surface area contributed by atoms with Crippen molar-refractivity contribution in [3.05, 3.63) is 77.6 Å². The molecule has 82 valence electrons. The Morgan fingerprint density at radius 2 is 2.00 bits per heavy atom. The maximum atomic E-state index is 2.42. The van der Waals surface area contributed by atoms with E-state index in [9.17, 15) is 0 Å². The van der Waals surface area contributed by atoms with E-state index in [1.165, 1.54) is 22.4 Å². The number of rotatable bonds is 0. The zero-order valence-corrected chi connectivity index (χ0v) is 9.51. The molecule has 1 aromatic carbocycles. The maximum Gasteiger partial charge on any atom is 0.0633 e. The van der Waals surface area contributed by atoms with Crippen LogP contribution >= 0.6 is 0 Å². The third-order valence-corrected chi connectivity index (χ3v) is 3.76. The summed E-state index contributed by atoms with van der Waals surface area (Å²) in [5, 5.41) is 0. The van der Waals surface area contributed by atoms with Gasteiger partial charge in [-0.3, -0.25) is 0 Å². The molecule has 0 aromatic heterocycles. The van der Waals surface area contributed by atoms with E-state index in [0.717, 1.165) is 6.42 Å². The Bertz CT molecular complexity index is 602. The number of allylic oxidation sites excluding steroid dienone is 5. The summed E-state index contributed by atoms with van der Waals surface area (Å²) >= 11 is 0. The molecule has 0 saturated heterocycles. The molecule has 1 aliphatic carbocycles. The fourth-order valence-electron chi connectivity index (χ4n) is 2.98. The van der Waals surface area contributed by atoms with Crippen molar-refractivity contribution in [2.24, 2.45) is 0 Å². The van der Waals surface area contributed by atoms with Crippen LogP contribution < -0.4 is 4.90 Å². The van der Waals surface area contributed by atoms with Crippen molar-refractivity contribution in [3.63, 3.8) is 0 Å². The van der Waals surface area contributed by atoms with Crippen LogP contribution in [0.1, 0.15) is 5.56 Å². The molecule has 1 heteroatoms. The zero-order chi connectivity index (χ0) is 11.2. The van der Waals surface area contributed by atoms with Crippen molar-refractivity contribution in [2.45, 2.75) is 12.5 Å². The van der Waals surface area contributed by atoms with E-state index in [1.807, 2.05) is 0 Å². The Morgan fingerprint density at radius 3 is 3.00 bits per heavy atom. The third-order valence-electron chi connectivity index (χ3n) is 3.76. The molecule has 2 heterocycles. The summed E-state index contributed by atoms with van der Waals surface area (Å²) in [4.78, 5) is 2.42. The Morgan fingerprint density at radius 1 is 1.06 bits per heavy atom. The van der Waals surface area contributed by atoms with Gasteiger partial charge in [-0.15, -0.1) is 0 Å².